The van der Waals surface area contributed by atoms with E-state index >= 15 is 0 Å². The highest BCUT2D eigenvalue weighted by Crippen LogP contribution is 2.63. The molecule has 0 unspecified atom stereocenters. The highest BCUT2D eigenvalue weighted by Gasteiger charge is 2.58. The van der Waals surface area contributed by atoms with Gasteiger partial charge in [0, 0.05) is 13.2 Å². The summed E-state index contributed by atoms with van der Waals surface area (Å²) < 4.78 is 15.0. The number of hydrogen-bond acceptors (Lipinski definition) is 2. The third kappa shape index (κ3) is 6.72. The number of rotatable bonds is 9. The van der Waals surface area contributed by atoms with Crippen LogP contribution in [0.4, 0.5) is 0 Å². The SMILES string of the molecule is CC1=CC[C@H]2[C@H](CO[Si](c3ccccc3)(c3ccccc3)C(C)(C)C)[C@@H]([C@@]3(C)CC[C@H](C)C[C@@H]3CO[Si](C)(C)C(C)(C)C)CC[C@]12C. The van der Waals surface area contributed by atoms with Crippen molar-refractivity contribution in [2.24, 2.45) is 40.4 Å². The summed E-state index contributed by atoms with van der Waals surface area (Å²) >= 11 is 0. The topological polar surface area (TPSA) is 18.5 Å². The standard InChI is InChI=1S/C43H68O2Si2/c1-32-25-27-43(10,34(29-32)30-44-46(11,12)40(3,4)5)39-26-28-42(9)33(2)23-24-38(42)37(39)31-45-47(41(6,7)8,35-19-15-13-16-20-35)36-21-17-14-18-22-36/h13-23,32,34,37-39H,24-31H2,1-12H3/t32-,34+,37-,38-,39-,42+,43-/m0/s1. The molecule has 47 heavy (non-hydrogen) atoms. The molecular formula is C43H68O2Si2. The average Bonchev–Trinajstić information content (AvgIpc) is 3.31. The Labute approximate surface area is 291 Å². The first-order valence-electron chi connectivity index (χ1n) is 18.9. The number of fused-ring (bicyclic) bond motifs is 1. The van der Waals surface area contributed by atoms with Crippen molar-refractivity contribution in [3.05, 3.63) is 72.3 Å². The summed E-state index contributed by atoms with van der Waals surface area (Å²) in [4.78, 5) is 0. The van der Waals surface area contributed by atoms with Crippen molar-refractivity contribution in [3.8, 4) is 0 Å². The molecule has 2 nitrogen and oxygen atoms in total. The van der Waals surface area contributed by atoms with Crippen molar-refractivity contribution in [1.82, 2.24) is 0 Å². The van der Waals surface area contributed by atoms with Crippen LogP contribution < -0.4 is 10.4 Å². The average molecular weight is 673 g/mol. The van der Waals surface area contributed by atoms with Crippen molar-refractivity contribution < 1.29 is 8.85 Å². The van der Waals surface area contributed by atoms with Gasteiger partial charge in [-0.15, -0.1) is 0 Å². The van der Waals surface area contributed by atoms with Crippen molar-refractivity contribution >= 4 is 27.0 Å². The van der Waals surface area contributed by atoms with Gasteiger partial charge in [0.1, 0.15) is 0 Å². The Kier molecular flexibility index (Phi) is 10.4. The van der Waals surface area contributed by atoms with Crippen molar-refractivity contribution in [2.45, 2.75) is 131 Å². The predicted octanol–water partition coefficient (Wildman–Crippen LogP) is 11.0. The van der Waals surface area contributed by atoms with Gasteiger partial charge in [-0.2, -0.15) is 0 Å². The minimum Gasteiger partial charge on any atom is -0.417 e. The molecule has 0 saturated heterocycles. The fourth-order valence-corrected chi connectivity index (χ4v) is 15.7. The highest BCUT2D eigenvalue weighted by molar-refractivity contribution is 6.99. The zero-order chi connectivity index (χ0) is 34.5. The summed E-state index contributed by atoms with van der Waals surface area (Å²) in [5, 5.41) is 3.01. The molecule has 0 aromatic heterocycles. The van der Waals surface area contributed by atoms with E-state index in [-0.39, 0.29) is 20.9 Å². The van der Waals surface area contributed by atoms with Crippen LogP contribution in [-0.4, -0.2) is 29.8 Å². The van der Waals surface area contributed by atoms with Gasteiger partial charge in [-0.1, -0.05) is 141 Å². The normalized spacial score (nSPS) is 32.2. The molecule has 0 N–H and O–H groups in total. The van der Waals surface area contributed by atoms with Gasteiger partial charge < -0.3 is 8.85 Å². The van der Waals surface area contributed by atoms with E-state index in [0.717, 1.165) is 19.1 Å². The smallest absolute Gasteiger partial charge is 0.261 e. The van der Waals surface area contributed by atoms with Crippen LogP contribution in [0.3, 0.4) is 0 Å². The van der Waals surface area contributed by atoms with Gasteiger partial charge in [-0.25, -0.2) is 0 Å². The lowest BCUT2D eigenvalue weighted by molar-refractivity contribution is -0.0910. The largest absolute Gasteiger partial charge is 0.417 e. The van der Waals surface area contributed by atoms with Crippen molar-refractivity contribution in [2.75, 3.05) is 13.2 Å². The van der Waals surface area contributed by atoms with Gasteiger partial charge in [0.2, 0.25) is 0 Å². The summed E-state index contributed by atoms with van der Waals surface area (Å²) in [6.07, 6.45) is 10.3. The van der Waals surface area contributed by atoms with Gasteiger partial charge in [0.15, 0.2) is 8.32 Å². The first kappa shape index (κ1) is 36.8. The Bertz CT molecular complexity index is 1330. The summed E-state index contributed by atoms with van der Waals surface area (Å²) in [7, 11) is -4.49. The van der Waals surface area contributed by atoms with Crippen LogP contribution >= 0.6 is 0 Å². The van der Waals surface area contributed by atoms with E-state index < -0.39 is 16.6 Å². The van der Waals surface area contributed by atoms with Crippen LogP contribution in [0.15, 0.2) is 72.3 Å². The molecule has 7 atom stereocenters. The van der Waals surface area contributed by atoms with E-state index in [9.17, 15) is 0 Å². The second kappa shape index (κ2) is 13.3. The van der Waals surface area contributed by atoms with E-state index in [0.29, 0.717) is 23.7 Å². The molecule has 4 heteroatoms. The van der Waals surface area contributed by atoms with E-state index in [2.05, 4.69) is 149 Å². The molecule has 0 bridgehead atoms. The number of benzene rings is 2. The van der Waals surface area contributed by atoms with Gasteiger partial charge in [0.05, 0.1) is 0 Å². The van der Waals surface area contributed by atoms with E-state index in [4.69, 9.17) is 8.85 Å². The van der Waals surface area contributed by atoms with Crippen LogP contribution in [0.5, 0.6) is 0 Å². The summed E-state index contributed by atoms with van der Waals surface area (Å²) in [6, 6.07) is 22.6. The van der Waals surface area contributed by atoms with Crippen LogP contribution in [0.2, 0.25) is 23.2 Å². The third-order valence-electron chi connectivity index (χ3n) is 14.4. The molecule has 0 radical (unpaired) electrons. The lowest BCUT2D eigenvalue weighted by Crippen LogP contribution is -2.67. The molecular weight excluding hydrogens is 605 g/mol. The zero-order valence-electron chi connectivity index (χ0n) is 32.2. The minimum absolute atomic E-state index is 0.0171. The maximum Gasteiger partial charge on any atom is 0.261 e. The van der Waals surface area contributed by atoms with Crippen molar-refractivity contribution in [1.29, 1.82) is 0 Å². The fraction of sp³-hybridized carbons (Fsp3) is 0.674. The van der Waals surface area contributed by atoms with Crippen LogP contribution in [-0.2, 0) is 8.85 Å². The molecule has 2 saturated carbocycles. The maximum atomic E-state index is 7.87. The second-order valence-corrected chi connectivity index (χ2v) is 28.2. The minimum atomic E-state index is -2.65. The third-order valence-corrected chi connectivity index (χ3v) is 23.9. The lowest BCUT2D eigenvalue weighted by atomic mass is 9.48. The molecule has 0 heterocycles. The fourth-order valence-electron chi connectivity index (χ4n) is 10.0. The second-order valence-electron chi connectivity index (χ2n) is 19.1. The van der Waals surface area contributed by atoms with Crippen LogP contribution in [0, 0.1) is 40.4 Å². The molecule has 0 spiro atoms. The van der Waals surface area contributed by atoms with E-state index in [1.54, 1.807) is 5.57 Å². The quantitative estimate of drug-likeness (QED) is 0.195. The Hall–Kier alpha value is -1.47. The van der Waals surface area contributed by atoms with Crippen LogP contribution in [0.1, 0.15) is 108 Å². The Balaban J connectivity index is 1.56. The summed E-state index contributed by atoms with van der Waals surface area (Å²) in [5.74, 6) is 3.17. The molecule has 0 amide bonds. The zero-order valence-corrected chi connectivity index (χ0v) is 34.2. The Morgan fingerprint density at radius 3 is 1.85 bits per heavy atom. The molecule has 0 aliphatic heterocycles. The summed E-state index contributed by atoms with van der Waals surface area (Å²) in [6.45, 7) is 31.3. The molecule has 3 aliphatic carbocycles. The van der Waals surface area contributed by atoms with E-state index in [1.165, 1.54) is 48.9 Å². The van der Waals surface area contributed by atoms with Gasteiger partial charge in [0.25, 0.3) is 8.32 Å². The Morgan fingerprint density at radius 1 is 0.745 bits per heavy atom. The van der Waals surface area contributed by atoms with Gasteiger partial charge in [-0.3, -0.25) is 0 Å². The number of allylic oxidation sites excluding steroid dienone is 2. The van der Waals surface area contributed by atoms with Gasteiger partial charge in [-0.05, 0) is 113 Å². The predicted molar refractivity (Wildman–Crippen MR) is 208 cm³/mol. The first-order valence-corrected chi connectivity index (χ1v) is 23.7. The van der Waals surface area contributed by atoms with E-state index in [1.807, 2.05) is 0 Å². The monoisotopic (exact) mass is 672 g/mol. The maximum absolute atomic E-state index is 7.87. The highest BCUT2D eigenvalue weighted by atomic mass is 28.4. The molecule has 2 aromatic rings. The molecule has 260 valence electrons. The lowest BCUT2D eigenvalue weighted by Gasteiger charge is -2.58. The molecule has 3 aliphatic rings. The van der Waals surface area contributed by atoms with Gasteiger partial charge >= 0.3 is 0 Å². The first-order chi connectivity index (χ1) is 21.9. The molecule has 2 aromatic carbocycles. The number of hydrogen-bond donors (Lipinski definition) is 0. The Morgan fingerprint density at radius 2 is 1.32 bits per heavy atom. The summed E-state index contributed by atoms with van der Waals surface area (Å²) in [5.41, 5.74) is 2.16. The van der Waals surface area contributed by atoms with Crippen molar-refractivity contribution in [3.63, 3.8) is 0 Å². The molecule has 5 rings (SSSR count). The molecule has 2 fully saturated rings. The van der Waals surface area contributed by atoms with Crippen LogP contribution in [0.25, 0.3) is 0 Å².